The number of hydrogen-bond acceptors (Lipinski definition) is 4. The van der Waals surface area contributed by atoms with Crippen LogP contribution < -0.4 is 0 Å². The van der Waals surface area contributed by atoms with Crippen molar-refractivity contribution in [3.05, 3.63) is 20.1 Å². The first kappa shape index (κ1) is 12.4. The third-order valence-corrected chi connectivity index (χ3v) is 4.24. The minimum Gasteiger partial charge on any atom is -0.196 e. The molecule has 0 bridgehead atoms. The van der Waals surface area contributed by atoms with Gasteiger partial charge in [0.1, 0.15) is 11.8 Å². The zero-order valence-electron chi connectivity index (χ0n) is 7.80. The molecule has 0 spiro atoms. The smallest absolute Gasteiger partial charge is 0.193 e. The van der Waals surface area contributed by atoms with E-state index in [4.69, 9.17) is 51.7 Å². The van der Waals surface area contributed by atoms with Gasteiger partial charge in [0.05, 0.1) is 26.2 Å². The van der Waals surface area contributed by atoms with Gasteiger partial charge < -0.3 is 0 Å². The molecule has 0 saturated carbocycles. The predicted molar refractivity (Wildman–Crippen MR) is 66.0 cm³/mol. The standard InChI is InChI=1S/C9Cl4N4/c10-4-5(11)7(13)9(2-15)3(1-14)16-17-8(9)6(4)12/t9-/m1/s1. The zero-order valence-corrected chi connectivity index (χ0v) is 10.8. The van der Waals surface area contributed by atoms with Gasteiger partial charge in [-0.25, -0.2) is 0 Å². The van der Waals surface area contributed by atoms with Crippen molar-refractivity contribution in [1.82, 2.24) is 0 Å². The summed E-state index contributed by atoms with van der Waals surface area (Å²) in [4.78, 5) is 0. The molecule has 17 heavy (non-hydrogen) atoms. The van der Waals surface area contributed by atoms with Gasteiger partial charge in [0.15, 0.2) is 11.1 Å². The lowest BCUT2D eigenvalue weighted by molar-refractivity contribution is 0.955. The molecule has 0 aromatic rings. The topological polar surface area (TPSA) is 72.3 Å². The molecular weight excluding hydrogens is 306 g/mol. The van der Waals surface area contributed by atoms with Crippen LogP contribution in [0.1, 0.15) is 0 Å². The first-order chi connectivity index (χ1) is 8.00. The van der Waals surface area contributed by atoms with Gasteiger partial charge in [0.25, 0.3) is 0 Å². The van der Waals surface area contributed by atoms with Crippen molar-refractivity contribution in [1.29, 1.82) is 10.5 Å². The Morgan fingerprint density at radius 3 is 2.12 bits per heavy atom. The van der Waals surface area contributed by atoms with Gasteiger partial charge in [0.2, 0.25) is 0 Å². The first-order valence-electron chi connectivity index (χ1n) is 4.10. The minimum absolute atomic E-state index is 0.0163. The van der Waals surface area contributed by atoms with Crippen LogP contribution in [0, 0.1) is 28.1 Å². The summed E-state index contributed by atoms with van der Waals surface area (Å²) in [6, 6.07) is 3.63. The number of rotatable bonds is 0. The Labute approximate surface area is 116 Å². The second-order valence-electron chi connectivity index (χ2n) is 3.13. The molecule has 0 N–H and O–H groups in total. The van der Waals surface area contributed by atoms with Gasteiger partial charge in [-0.05, 0) is 0 Å². The molecule has 0 amide bonds. The number of nitriles is 2. The highest BCUT2D eigenvalue weighted by Gasteiger charge is 2.54. The number of fused-ring (bicyclic) bond motifs is 1. The van der Waals surface area contributed by atoms with Crippen LogP contribution in [0.25, 0.3) is 0 Å². The van der Waals surface area contributed by atoms with E-state index in [1.807, 2.05) is 6.07 Å². The maximum absolute atomic E-state index is 9.28. The van der Waals surface area contributed by atoms with Gasteiger partial charge >= 0.3 is 0 Å². The van der Waals surface area contributed by atoms with Crippen LogP contribution in [0.2, 0.25) is 0 Å². The maximum Gasteiger partial charge on any atom is 0.193 e. The average Bonchev–Trinajstić information content (AvgIpc) is 2.73. The molecule has 1 aliphatic carbocycles. The van der Waals surface area contributed by atoms with Crippen LogP contribution in [-0.2, 0) is 0 Å². The molecule has 0 unspecified atom stereocenters. The number of hydrogen-bond donors (Lipinski definition) is 0. The van der Waals surface area contributed by atoms with Crippen LogP contribution in [0.4, 0.5) is 0 Å². The molecule has 0 radical (unpaired) electrons. The van der Waals surface area contributed by atoms with E-state index in [2.05, 4.69) is 10.2 Å². The predicted octanol–water partition coefficient (Wildman–Crippen LogP) is 3.22. The van der Waals surface area contributed by atoms with Gasteiger partial charge in [0, 0.05) is 0 Å². The van der Waals surface area contributed by atoms with E-state index in [9.17, 15) is 5.26 Å². The van der Waals surface area contributed by atoms with Crippen molar-refractivity contribution < 1.29 is 0 Å². The van der Waals surface area contributed by atoms with Crippen LogP contribution >= 0.6 is 46.4 Å². The van der Waals surface area contributed by atoms with E-state index in [0.717, 1.165) is 0 Å². The molecule has 84 valence electrons. The monoisotopic (exact) mass is 304 g/mol. The van der Waals surface area contributed by atoms with Crippen LogP contribution in [0.3, 0.4) is 0 Å². The van der Waals surface area contributed by atoms with Crippen molar-refractivity contribution in [3.8, 4) is 12.1 Å². The molecule has 1 atom stereocenters. The molecule has 4 nitrogen and oxygen atoms in total. The maximum atomic E-state index is 9.28. The Kier molecular flexibility index (Phi) is 2.93. The zero-order chi connectivity index (χ0) is 12.8. The molecule has 0 aromatic heterocycles. The van der Waals surface area contributed by atoms with Crippen LogP contribution in [0.5, 0.6) is 0 Å². The minimum atomic E-state index is -1.64. The highest BCUT2D eigenvalue weighted by molar-refractivity contribution is 6.61. The van der Waals surface area contributed by atoms with E-state index >= 15 is 0 Å². The quantitative estimate of drug-likeness (QED) is 0.689. The first-order valence-corrected chi connectivity index (χ1v) is 5.61. The number of allylic oxidation sites excluding steroid dienone is 4. The average molecular weight is 306 g/mol. The van der Waals surface area contributed by atoms with E-state index in [1.165, 1.54) is 0 Å². The fraction of sp³-hybridized carbons (Fsp3) is 0.111. The second-order valence-corrected chi connectivity index (χ2v) is 4.64. The largest absolute Gasteiger partial charge is 0.196 e. The van der Waals surface area contributed by atoms with Gasteiger partial charge in [-0.1, -0.05) is 46.4 Å². The summed E-state index contributed by atoms with van der Waals surface area (Å²) in [5.41, 5.74) is -1.79. The molecule has 0 aromatic carbocycles. The summed E-state index contributed by atoms with van der Waals surface area (Å²) >= 11 is 23.6. The van der Waals surface area contributed by atoms with Crippen molar-refractivity contribution in [3.63, 3.8) is 0 Å². The van der Waals surface area contributed by atoms with E-state index in [0.29, 0.717) is 0 Å². The lowest BCUT2D eigenvalue weighted by Gasteiger charge is -2.26. The summed E-state index contributed by atoms with van der Waals surface area (Å²) in [5, 5.41) is 25.2. The van der Waals surface area contributed by atoms with Crippen molar-refractivity contribution in [2.45, 2.75) is 0 Å². The number of nitrogens with zero attached hydrogens (tertiary/aromatic N) is 4. The van der Waals surface area contributed by atoms with Gasteiger partial charge in [-0.2, -0.15) is 15.6 Å². The van der Waals surface area contributed by atoms with Crippen molar-refractivity contribution in [2.75, 3.05) is 0 Å². The number of halogens is 4. The Bertz CT molecular complexity index is 628. The molecule has 2 rings (SSSR count). The summed E-state index contributed by atoms with van der Waals surface area (Å²) in [7, 11) is 0. The molecule has 2 aliphatic rings. The summed E-state index contributed by atoms with van der Waals surface area (Å²) in [6.45, 7) is 0. The molecule has 0 fully saturated rings. The molecule has 1 aliphatic heterocycles. The third kappa shape index (κ3) is 1.36. The van der Waals surface area contributed by atoms with Gasteiger partial charge in [-0.3, -0.25) is 0 Å². The van der Waals surface area contributed by atoms with Crippen molar-refractivity contribution in [2.24, 2.45) is 15.6 Å². The van der Waals surface area contributed by atoms with E-state index in [-0.39, 0.29) is 31.6 Å². The molecule has 0 saturated heterocycles. The highest BCUT2D eigenvalue weighted by atomic mass is 35.5. The summed E-state index contributed by atoms with van der Waals surface area (Å²) in [5.74, 6) is 0. The van der Waals surface area contributed by atoms with Crippen LogP contribution in [0.15, 0.2) is 30.3 Å². The van der Waals surface area contributed by atoms with Gasteiger partial charge in [-0.15, -0.1) is 5.10 Å². The SMILES string of the molecule is N#CC1=NN=C2C(Cl)=C(Cl)C(Cl)=C(Cl)[C@@]12C#N. The van der Waals surface area contributed by atoms with Crippen molar-refractivity contribution >= 4 is 57.8 Å². The fourth-order valence-electron chi connectivity index (χ4n) is 1.50. The van der Waals surface area contributed by atoms with E-state index in [1.54, 1.807) is 6.07 Å². The normalized spacial score (nSPS) is 27.2. The highest BCUT2D eigenvalue weighted by Crippen LogP contribution is 2.49. The molecule has 8 heteroatoms. The third-order valence-electron chi connectivity index (χ3n) is 2.35. The Hall–Kier alpha value is -1.04. The lowest BCUT2D eigenvalue weighted by atomic mass is 9.77. The Morgan fingerprint density at radius 2 is 1.59 bits per heavy atom. The van der Waals surface area contributed by atoms with Crippen LogP contribution in [-0.4, -0.2) is 11.4 Å². The second kappa shape index (κ2) is 4.01. The summed E-state index contributed by atoms with van der Waals surface area (Å²) < 4.78 is 0. The lowest BCUT2D eigenvalue weighted by Crippen LogP contribution is -2.38. The van der Waals surface area contributed by atoms with E-state index < -0.39 is 5.41 Å². The Morgan fingerprint density at radius 1 is 0.941 bits per heavy atom. The molecule has 1 heterocycles. The summed E-state index contributed by atoms with van der Waals surface area (Å²) in [6.07, 6.45) is 0. The fourth-order valence-corrected chi connectivity index (χ4v) is 2.61. The molecular formula is C9Cl4N4. The Balaban J connectivity index is 2.83.